The van der Waals surface area contributed by atoms with Gasteiger partial charge in [-0.15, -0.1) is 12.4 Å². The van der Waals surface area contributed by atoms with Crippen molar-refractivity contribution < 1.29 is 0 Å². The first kappa shape index (κ1) is 13.8. The van der Waals surface area contributed by atoms with Crippen molar-refractivity contribution >= 4 is 29.8 Å². The second-order valence-electron chi connectivity index (χ2n) is 4.64. The summed E-state index contributed by atoms with van der Waals surface area (Å²) in [5.41, 5.74) is 2.28. The van der Waals surface area contributed by atoms with Crippen molar-refractivity contribution in [3.05, 3.63) is 16.5 Å². The van der Waals surface area contributed by atoms with Crippen LogP contribution in [-0.4, -0.2) is 48.1 Å². The lowest BCUT2D eigenvalue weighted by atomic mass is 10.2. The maximum atomic E-state index is 5.99. The second kappa shape index (κ2) is 5.57. The van der Waals surface area contributed by atoms with Gasteiger partial charge in [-0.25, -0.2) is 9.97 Å². The number of hydrogen-bond donors (Lipinski definition) is 1. The zero-order valence-corrected chi connectivity index (χ0v) is 11.9. The number of anilines is 1. The summed E-state index contributed by atoms with van der Waals surface area (Å²) in [6, 6.07) is 0. The summed E-state index contributed by atoms with van der Waals surface area (Å²) >= 11 is 5.99. The van der Waals surface area contributed by atoms with Gasteiger partial charge in [-0.3, -0.25) is 0 Å². The van der Waals surface area contributed by atoms with Gasteiger partial charge in [-0.1, -0.05) is 0 Å². The van der Waals surface area contributed by atoms with E-state index in [-0.39, 0.29) is 12.4 Å². The van der Waals surface area contributed by atoms with E-state index in [4.69, 9.17) is 11.6 Å². The Kier molecular flexibility index (Phi) is 4.27. The molecule has 1 saturated heterocycles. The molecular formula is C11H17Cl2N5. The minimum atomic E-state index is 0. The van der Waals surface area contributed by atoms with E-state index in [1.807, 2.05) is 0 Å². The first-order valence-corrected chi connectivity index (χ1v) is 6.31. The average Bonchev–Trinajstić information content (AvgIpc) is 2.77. The van der Waals surface area contributed by atoms with Gasteiger partial charge in [0.25, 0.3) is 0 Å². The van der Waals surface area contributed by atoms with Gasteiger partial charge in [0.05, 0.1) is 5.69 Å². The number of halogens is 2. The van der Waals surface area contributed by atoms with E-state index in [2.05, 4.69) is 32.1 Å². The molecule has 1 aromatic heterocycles. The van der Waals surface area contributed by atoms with Gasteiger partial charge in [-0.05, 0) is 18.6 Å². The number of aromatic nitrogens is 2. The van der Waals surface area contributed by atoms with E-state index in [0.717, 1.165) is 50.8 Å². The van der Waals surface area contributed by atoms with Crippen molar-refractivity contribution in [1.29, 1.82) is 0 Å². The fourth-order valence-electron chi connectivity index (χ4n) is 2.40. The Hall–Kier alpha value is -0.620. The quantitative estimate of drug-likeness (QED) is 0.779. The highest BCUT2D eigenvalue weighted by atomic mass is 35.5. The molecule has 100 valence electrons. The molecule has 5 nitrogen and oxygen atoms in total. The van der Waals surface area contributed by atoms with Gasteiger partial charge in [0, 0.05) is 44.8 Å². The van der Waals surface area contributed by atoms with Crippen molar-refractivity contribution in [3.8, 4) is 0 Å². The van der Waals surface area contributed by atoms with Crippen molar-refractivity contribution in [2.45, 2.75) is 13.1 Å². The summed E-state index contributed by atoms with van der Waals surface area (Å²) in [5.74, 6) is 1.03. The van der Waals surface area contributed by atoms with Crippen LogP contribution < -0.4 is 10.2 Å². The Morgan fingerprint density at radius 1 is 1.11 bits per heavy atom. The van der Waals surface area contributed by atoms with Crippen LogP contribution in [0.25, 0.3) is 0 Å². The predicted molar refractivity (Wildman–Crippen MR) is 74.5 cm³/mol. The van der Waals surface area contributed by atoms with Crippen LogP contribution in [0.5, 0.6) is 0 Å². The minimum absolute atomic E-state index is 0. The summed E-state index contributed by atoms with van der Waals surface area (Å²) in [5, 5.41) is 3.67. The predicted octanol–water partition coefficient (Wildman–Crippen LogP) is 0.907. The summed E-state index contributed by atoms with van der Waals surface area (Å²) in [4.78, 5) is 13.3. The summed E-state index contributed by atoms with van der Waals surface area (Å²) in [6.45, 7) is 5.83. The standard InChI is InChI=1S/C11H16ClN5.ClH/c1-16-2-4-17(5-3-16)10-8-6-13-7-9(8)14-11(12)15-10;/h13H,2-7H2,1H3;1H. The van der Waals surface area contributed by atoms with E-state index in [1.165, 1.54) is 5.56 Å². The lowest BCUT2D eigenvalue weighted by Crippen LogP contribution is -2.45. The van der Waals surface area contributed by atoms with Crippen LogP contribution in [0.4, 0.5) is 5.82 Å². The first-order chi connectivity index (χ1) is 8.24. The smallest absolute Gasteiger partial charge is 0.224 e. The topological polar surface area (TPSA) is 44.3 Å². The first-order valence-electron chi connectivity index (χ1n) is 5.93. The van der Waals surface area contributed by atoms with Crippen molar-refractivity contribution in [1.82, 2.24) is 20.2 Å². The average molecular weight is 290 g/mol. The Morgan fingerprint density at radius 3 is 2.56 bits per heavy atom. The summed E-state index contributed by atoms with van der Waals surface area (Å²) in [7, 11) is 2.15. The van der Waals surface area contributed by atoms with Crippen LogP contribution >= 0.6 is 24.0 Å². The molecule has 0 radical (unpaired) electrons. The largest absolute Gasteiger partial charge is 0.354 e. The maximum absolute atomic E-state index is 5.99. The van der Waals surface area contributed by atoms with Crippen LogP contribution in [0, 0.1) is 0 Å². The molecule has 0 spiro atoms. The Bertz CT molecular complexity index is 432. The molecule has 3 rings (SSSR count). The summed E-state index contributed by atoms with van der Waals surface area (Å²) in [6.07, 6.45) is 0. The molecular weight excluding hydrogens is 273 g/mol. The van der Waals surface area contributed by atoms with E-state index in [9.17, 15) is 0 Å². The van der Waals surface area contributed by atoms with Gasteiger partial charge < -0.3 is 15.1 Å². The highest BCUT2D eigenvalue weighted by molar-refractivity contribution is 6.28. The Morgan fingerprint density at radius 2 is 1.83 bits per heavy atom. The molecule has 0 aromatic carbocycles. The molecule has 3 heterocycles. The van der Waals surface area contributed by atoms with Crippen molar-refractivity contribution in [3.63, 3.8) is 0 Å². The van der Waals surface area contributed by atoms with Crippen LogP contribution in [0.1, 0.15) is 11.3 Å². The molecule has 2 aliphatic rings. The van der Waals surface area contributed by atoms with Crippen LogP contribution in [0.3, 0.4) is 0 Å². The third-order valence-electron chi connectivity index (χ3n) is 3.44. The van der Waals surface area contributed by atoms with Crippen LogP contribution in [0.15, 0.2) is 0 Å². The van der Waals surface area contributed by atoms with E-state index in [0.29, 0.717) is 5.28 Å². The van der Waals surface area contributed by atoms with Gasteiger partial charge in [0.2, 0.25) is 5.28 Å². The number of piperazine rings is 1. The molecule has 1 aromatic rings. The molecule has 18 heavy (non-hydrogen) atoms. The van der Waals surface area contributed by atoms with Crippen molar-refractivity contribution in [2.24, 2.45) is 0 Å². The molecule has 0 unspecified atom stereocenters. The molecule has 0 saturated carbocycles. The number of nitrogens with zero attached hydrogens (tertiary/aromatic N) is 4. The molecule has 1 N–H and O–H groups in total. The molecule has 0 bridgehead atoms. The van der Waals surface area contributed by atoms with Crippen molar-refractivity contribution in [2.75, 3.05) is 38.1 Å². The van der Waals surface area contributed by atoms with E-state index < -0.39 is 0 Å². The van der Waals surface area contributed by atoms with E-state index in [1.54, 1.807) is 0 Å². The third kappa shape index (κ3) is 2.54. The van der Waals surface area contributed by atoms with Gasteiger partial charge in [0.15, 0.2) is 0 Å². The zero-order chi connectivity index (χ0) is 11.8. The number of likely N-dealkylation sites (N-methyl/N-ethyl adjacent to an activating group) is 1. The van der Waals surface area contributed by atoms with Gasteiger partial charge >= 0.3 is 0 Å². The number of hydrogen-bond acceptors (Lipinski definition) is 5. The SMILES string of the molecule is CN1CCN(c2nc(Cl)nc3c2CNC3)CC1.Cl. The molecule has 0 atom stereocenters. The zero-order valence-electron chi connectivity index (χ0n) is 10.3. The fraction of sp³-hybridized carbons (Fsp3) is 0.636. The Labute approximate surface area is 118 Å². The molecule has 7 heteroatoms. The third-order valence-corrected chi connectivity index (χ3v) is 3.61. The lowest BCUT2D eigenvalue weighted by Gasteiger charge is -2.34. The molecule has 0 amide bonds. The maximum Gasteiger partial charge on any atom is 0.224 e. The highest BCUT2D eigenvalue weighted by Gasteiger charge is 2.24. The number of nitrogens with one attached hydrogen (secondary N) is 1. The number of fused-ring (bicyclic) bond motifs is 1. The van der Waals surface area contributed by atoms with Gasteiger partial charge in [0.1, 0.15) is 5.82 Å². The normalized spacial score (nSPS) is 19.6. The molecule has 0 aliphatic carbocycles. The van der Waals surface area contributed by atoms with Gasteiger partial charge in [-0.2, -0.15) is 0 Å². The van der Waals surface area contributed by atoms with Crippen LogP contribution in [-0.2, 0) is 13.1 Å². The lowest BCUT2D eigenvalue weighted by molar-refractivity contribution is 0.311. The molecule has 1 fully saturated rings. The summed E-state index contributed by atoms with van der Waals surface area (Å²) < 4.78 is 0. The Balaban J connectivity index is 0.00000120. The number of rotatable bonds is 1. The molecule has 2 aliphatic heterocycles. The highest BCUT2D eigenvalue weighted by Crippen LogP contribution is 2.26. The van der Waals surface area contributed by atoms with E-state index >= 15 is 0 Å². The van der Waals surface area contributed by atoms with Crippen LogP contribution in [0.2, 0.25) is 5.28 Å². The second-order valence-corrected chi connectivity index (χ2v) is 4.97. The fourth-order valence-corrected chi connectivity index (χ4v) is 2.58. The monoisotopic (exact) mass is 289 g/mol. The minimum Gasteiger partial charge on any atom is -0.354 e.